The van der Waals surface area contributed by atoms with Crippen molar-refractivity contribution >= 4 is 81.1 Å². The van der Waals surface area contributed by atoms with Gasteiger partial charge in [0.25, 0.3) is 0 Å². The Morgan fingerprint density at radius 3 is 2.03 bits per heavy atom. The number of aliphatic hydroxyl groups is 1. The molecule has 4 heterocycles. The van der Waals surface area contributed by atoms with Crippen molar-refractivity contribution in [1.82, 2.24) is 46.4 Å². The van der Waals surface area contributed by atoms with Gasteiger partial charge in [0.05, 0.1) is 55.0 Å². The number of aliphatic hydroxyl groups excluding tert-OH is 1. The van der Waals surface area contributed by atoms with Crippen LogP contribution in [0.5, 0.6) is 5.75 Å². The second kappa shape index (κ2) is 35.8. The second-order valence-corrected chi connectivity index (χ2v) is 24.7. The Kier molecular flexibility index (Phi) is 28.2. The lowest BCUT2D eigenvalue weighted by atomic mass is 9.87. The van der Waals surface area contributed by atoms with E-state index in [1.54, 1.807) is 25.4 Å². The number of para-hydroxylation sites is 1. The Bertz CT molecular complexity index is 3180. The molecule has 494 valence electrons. The van der Waals surface area contributed by atoms with Crippen LogP contribution in [0, 0.1) is 29.6 Å². The molecule has 6 rings (SSSR count). The number of carbonyl (C=O) groups excluding carboxylic acids is 11. The fourth-order valence-corrected chi connectivity index (χ4v) is 12.0. The number of aromatic amines is 2. The molecule has 91 heavy (non-hydrogen) atoms. The van der Waals surface area contributed by atoms with E-state index in [4.69, 9.17) is 11.5 Å². The molecule has 2 fully saturated rings. The number of aromatic nitrogens is 3. The highest BCUT2D eigenvalue weighted by molar-refractivity contribution is 5.99. The topological polar surface area (TPSA) is 400 Å². The summed E-state index contributed by atoms with van der Waals surface area (Å²) in [4.78, 5) is 169. The van der Waals surface area contributed by atoms with E-state index < -0.39 is 114 Å². The van der Waals surface area contributed by atoms with Crippen LogP contribution in [-0.2, 0) is 72.0 Å². The van der Waals surface area contributed by atoms with Crippen LogP contribution in [0.2, 0.25) is 0 Å². The Labute approximate surface area is 530 Å². The van der Waals surface area contributed by atoms with E-state index in [-0.39, 0.29) is 131 Å². The molecule has 1 unspecified atom stereocenters. The van der Waals surface area contributed by atoms with Crippen LogP contribution in [0.25, 0.3) is 10.9 Å². The molecule has 9 atom stereocenters. The normalized spacial score (nSPS) is 17.0. The van der Waals surface area contributed by atoms with Crippen molar-refractivity contribution in [2.75, 3.05) is 33.3 Å². The summed E-state index contributed by atoms with van der Waals surface area (Å²) in [7, 11) is 1.78. The fraction of sp³-hybridized carbons (Fsp3) is 0.561. The first-order chi connectivity index (χ1) is 43.5. The quantitative estimate of drug-likeness (QED) is 0.0173. The highest BCUT2D eigenvalue weighted by Gasteiger charge is 2.40. The number of phenolic OH excluding ortho intramolecular Hbond substituents is 1. The van der Waals surface area contributed by atoms with Gasteiger partial charge in [0.15, 0.2) is 34.9 Å². The summed E-state index contributed by atoms with van der Waals surface area (Å²) < 4.78 is 0. The SMILES string of the molecule is CNCCCC[C@@H](CC(=O)[C@H](Cc1ccc(O)cc1)NC(=O)[C@H](CO)CC(=O)[C@H](Cc1c[nH]c2ccccc12)NC(=O)[C@@H](CC(=O)C1CCC(=O)N1)Cc1cnc[nH]1)C(=O)N[C@@H](CC(C)C)C(=O)C[C@@H](CCCN=C(N)N)C(=O)N1CCC[C@@H]1C(=O)CCC(C)=O. The average molecular weight is 1260 g/mol. The maximum atomic E-state index is 15.0. The lowest BCUT2D eigenvalue weighted by Gasteiger charge is -2.29. The number of fused-ring (bicyclic) bond motifs is 1. The number of benzene rings is 2. The minimum Gasteiger partial charge on any atom is -0.508 e. The third kappa shape index (κ3) is 22.5. The van der Waals surface area contributed by atoms with Crippen LogP contribution >= 0.6 is 0 Å². The van der Waals surface area contributed by atoms with E-state index in [2.05, 4.69) is 46.5 Å². The van der Waals surface area contributed by atoms with E-state index in [0.29, 0.717) is 55.5 Å². The number of nitrogens with zero attached hydrogens (tertiary/aromatic N) is 3. The smallest absolute Gasteiger partial charge is 0.226 e. The number of phenols is 1. The zero-order valence-corrected chi connectivity index (χ0v) is 52.8. The summed E-state index contributed by atoms with van der Waals surface area (Å²) in [5.74, 6) is -10.0. The molecule has 25 heteroatoms. The molecule has 0 radical (unpaired) electrons. The molecule has 0 saturated carbocycles. The number of likely N-dealkylation sites (tertiary alicyclic amines) is 1. The van der Waals surface area contributed by atoms with Gasteiger partial charge in [0.2, 0.25) is 29.5 Å². The minimum absolute atomic E-state index is 0.0166. The van der Waals surface area contributed by atoms with Gasteiger partial charge in [-0.25, -0.2) is 4.98 Å². The minimum atomic E-state index is -1.47. The van der Waals surface area contributed by atoms with Crippen molar-refractivity contribution < 1.29 is 63.0 Å². The van der Waals surface area contributed by atoms with Gasteiger partial charge in [-0.3, -0.25) is 52.9 Å². The van der Waals surface area contributed by atoms with Crippen LogP contribution in [-0.4, -0.2) is 164 Å². The van der Waals surface area contributed by atoms with Crippen molar-refractivity contribution in [2.45, 2.75) is 173 Å². The molecule has 0 bridgehead atoms. The van der Waals surface area contributed by atoms with Crippen molar-refractivity contribution in [1.29, 1.82) is 0 Å². The van der Waals surface area contributed by atoms with Gasteiger partial charge >= 0.3 is 0 Å². The van der Waals surface area contributed by atoms with Crippen LogP contribution in [0.1, 0.15) is 140 Å². The molecule has 2 saturated heterocycles. The van der Waals surface area contributed by atoms with E-state index in [1.165, 1.54) is 36.5 Å². The summed E-state index contributed by atoms with van der Waals surface area (Å²) in [5.41, 5.74) is 13.6. The number of hydrogen-bond donors (Lipinski definition) is 11. The Balaban J connectivity index is 1.24. The number of aliphatic imine (C=N–C) groups is 1. The maximum Gasteiger partial charge on any atom is 0.226 e. The number of Topliss-reactive ketones (excluding diaryl/α,β-unsaturated/α-hetero) is 6. The van der Waals surface area contributed by atoms with Crippen molar-refractivity contribution in [3.63, 3.8) is 0 Å². The number of rotatable bonds is 41. The van der Waals surface area contributed by atoms with Gasteiger partial charge in [-0.05, 0) is 114 Å². The molecule has 0 aliphatic carbocycles. The average Bonchev–Trinajstić information content (AvgIpc) is 2.58. The number of ketones is 6. The summed E-state index contributed by atoms with van der Waals surface area (Å²) in [6, 6.07) is 7.96. The first-order valence-electron chi connectivity index (χ1n) is 31.8. The Morgan fingerprint density at radius 1 is 0.736 bits per heavy atom. The summed E-state index contributed by atoms with van der Waals surface area (Å²) >= 11 is 0. The van der Waals surface area contributed by atoms with Gasteiger partial charge in [0.1, 0.15) is 11.5 Å². The number of guanidine groups is 1. The van der Waals surface area contributed by atoms with E-state index >= 15 is 0 Å². The number of nitrogens with two attached hydrogens (primary N) is 2. The second-order valence-electron chi connectivity index (χ2n) is 24.7. The highest BCUT2D eigenvalue weighted by Crippen LogP contribution is 2.28. The number of amides is 5. The molecule has 4 aromatic rings. The van der Waals surface area contributed by atoms with Crippen molar-refractivity contribution in [2.24, 2.45) is 46.0 Å². The third-order valence-electron chi connectivity index (χ3n) is 17.0. The lowest BCUT2D eigenvalue weighted by molar-refractivity contribution is -0.143. The van der Waals surface area contributed by atoms with Crippen LogP contribution in [0.15, 0.2) is 72.2 Å². The Morgan fingerprint density at radius 2 is 1.38 bits per heavy atom. The van der Waals surface area contributed by atoms with Crippen molar-refractivity contribution in [3.05, 3.63) is 84.1 Å². The zero-order valence-electron chi connectivity index (χ0n) is 52.8. The molecule has 2 aromatic carbocycles. The van der Waals surface area contributed by atoms with Gasteiger partial charge in [-0.15, -0.1) is 0 Å². The number of aromatic hydroxyl groups is 1. The maximum absolute atomic E-state index is 15.0. The predicted molar refractivity (Wildman–Crippen MR) is 339 cm³/mol. The van der Waals surface area contributed by atoms with Gasteiger partial charge in [-0.1, -0.05) is 50.6 Å². The van der Waals surface area contributed by atoms with E-state index in [9.17, 15) is 63.0 Å². The molecule has 2 aromatic heterocycles. The predicted octanol–water partition coefficient (Wildman–Crippen LogP) is 3.07. The van der Waals surface area contributed by atoms with Gasteiger partial charge < -0.3 is 67.9 Å². The first kappa shape index (κ1) is 71.6. The van der Waals surface area contributed by atoms with Crippen molar-refractivity contribution in [3.8, 4) is 5.75 Å². The molecule has 0 spiro atoms. The number of unbranched alkanes of at least 4 members (excludes halogenated alkanes) is 1. The molecule has 2 aliphatic rings. The standard InChI is InChI=1S/C66H92N12O13/c1-39(2)27-52(59(85)32-43(12-9-25-71-66(67)68)65(91)78-26-10-15-55(78)56(82)22-16-40(3)80)75-62(88)42(11-7-8-24-69-4)31-58(84)53(28-41-17-19-48(81)20-18-41)76-64(90)46(37-79)34-60(86)54(30-45-35-72-50-14-6-5-13-49(45)50)77-63(89)44(29-47-36-70-38-73-47)33-57(83)51-21-23-61(87)74-51/h5-6,13-14,17-20,35-36,38-39,42-44,46,51-55,69,72,79,81H,7-12,15-16,21-34,37H2,1-4H3,(H,70,73)(H,74,87)(H,75,88)(H,76,90)(H,77,89)(H4,67,68,71)/t42-,43+,44+,46-,51?,52-,53-,54-,55+/m0/s1. The van der Waals surface area contributed by atoms with Gasteiger partial charge in [-0.2, -0.15) is 0 Å². The van der Waals surface area contributed by atoms with Gasteiger partial charge in [0, 0.05) is 112 Å². The molecule has 13 N–H and O–H groups in total. The third-order valence-corrected chi connectivity index (χ3v) is 17.0. The lowest BCUT2D eigenvalue weighted by Crippen LogP contribution is -2.50. The van der Waals surface area contributed by atoms with Crippen LogP contribution in [0.4, 0.5) is 0 Å². The highest BCUT2D eigenvalue weighted by atomic mass is 16.3. The molecule has 25 nitrogen and oxygen atoms in total. The van der Waals surface area contributed by atoms with Crippen LogP contribution < -0.4 is 38.1 Å². The molecule has 2 aliphatic heterocycles. The molecular weight excluding hydrogens is 1170 g/mol. The van der Waals surface area contributed by atoms with E-state index in [0.717, 1.165) is 10.9 Å². The number of H-pyrrole nitrogens is 2. The summed E-state index contributed by atoms with van der Waals surface area (Å²) in [6.07, 6.45) is 6.24. The fourth-order valence-electron chi connectivity index (χ4n) is 12.0. The number of imidazole rings is 1. The monoisotopic (exact) mass is 1260 g/mol. The Hall–Kier alpha value is -8.45. The number of hydrogen-bond acceptors (Lipinski definition) is 16. The number of carbonyl (C=O) groups is 11. The molecular formula is C66H92N12O13. The van der Waals surface area contributed by atoms with Crippen LogP contribution in [0.3, 0.4) is 0 Å². The summed E-state index contributed by atoms with van der Waals surface area (Å²) in [5, 5.41) is 36.2. The summed E-state index contributed by atoms with van der Waals surface area (Å²) in [6.45, 7) is 5.33. The first-order valence-corrected chi connectivity index (χ1v) is 31.8. The number of nitrogens with one attached hydrogen (secondary N) is 7. The zero-order chi connectivity index (χ0) is 66.1. The van der Waals surface area contributed by atoms with E-state index in [1.807, 2.05) is 38.1 Å². The molecule has 5 amide bonds. The largest absolute Gasteiger partial charge is 0.508 e.